The van der Waals surface area contributed by atoms with Crippen molar-refractivity contribution in [3.05, 3.63) is 53.1 Å². The highest BCUT2D eigenvalue weighted by Gasteiger charge is 2.17. The van der Waals surface area contributed by atoms with Gasteiger partial charge in [0.05, 0.1) is 13.1 Å². The van der Waals surface area contributed by atoms with E-state index in [1.165, 1.54) is 0 Å². The summed E-state index contributed by atoms with van der Waals surface area (Å²) in [5, 5.41) is 3.70. The number of amides is 2. The molecule has 0 bridgehead atoms. The first-order valence-corrected chi connectivity index (χ1v) is 9.15. The Morgan fingerprint density at radius 1 is 1.36 bits per heavy atom. The molecule has 1 aromatic carbocycles. The SMILES string of the molecule is CCCNC(=O)N(Cc1nccn1Cc1ccccc1Cl)CC(C)C. The van der Waals surface area contributed by atoms with E-state index >= 15 is 0 Å². The van der Waals surface area contributed by atoms with E-state index in [1.54, 1.807) is 6.20 Å². The molecular weight excluding hydrogens is 336 g/mol. The molecule has 0 saturated heterocycles. The van der Waals surface area contributed by atoms with Gasteiger partial charge in [0.15, 0.2) is 0 Å². The summed E-state index contributed by atoms with van der Waals surface area (Å²) in [6.45, 7) is 8.75. The molecule has 1 heterocycles. The first-order chi connectivity index (χ1) is 12.0. The number of carbonyl (C=O) groups excluding carboxylic acids is 1. The molecule has 0 unspecified atom stereocenters. The number of imidazole rings is 1. The van der Waals surface area contributed by atoms with Crippen LogP contribution in [-0.4, -0.2) is 33.6 Å². The number of nitrogens with one attached hydrogen (secondary N) is 1. The molecule has 0 aliphatic carbocycles. The van der Waals surface area contributed by atoms with Gasteiger partial charge in [0.25, 0.3) is 0 Å². The lowest BCUT2D eigenvalue weighted by molar-refractivity contribution is 0.185. The Kier molecular flexibility index (Phi) is 7.31. The van der Waals surface area contributed by atoms with Crippen molar-refractivity contribution in [3.63, 3.8) is 0 Å². The quantitative estimate of drug-likeness (QED) is 0.766. The third-order valence-electron chi connectivity index (χ3n) is 3.83. The van der Waals surface area contributed by atoms with Crippen LogP contribution in [0.3, 0.4) is 0 Å². The van der Waals surface area contributed by atoms with E-state index < -0.39 is 0 Å². The molecule has 2 amide bonds. The van der Waals surface area contributed by atoms with Crippen LogP contribution in [0.25, 0.3) is 0 Å². The number of aromatic nitrogens is 2. The second-order valence-electron chi connectivity index (χ2n) is 6.57. The molecule has 136 valence electrons. The highest BCUT2D eigenvalue weighted by molar-refractivity contribution is 6.31. The van der Waals surface area contributed by atoms with Gasteiger partial charge in [-0.05, 0) is 24.0 Å². The van der Waals surface area contributed by atoms with Crippen LogP contribution in [0.2, 0.25) is 5.02 Å². The Bertz CT molecular complexity index is 684. The molecule has 25 heavy (non-hydrogen) atoms. The summed E-state index contributed by atoms with van der Waals surface area (Å²) in [6.07, 6.45) is 4.61. The fraction of sp³-hybridized carbons (Fsp3) is 0.474. The first kappa shape index (κ1) is 19.3. The third kappa shape index (κ3) is 5.78. The van der Waals surface area contributed by atoms with E-state index in [0.29, 0.717) is 32.1 Å². The first-order valence-electron chi connectivity index (χ1n) is 8.77. The van der Waals surface area contributed by atoms with Crippen LogP contribution < -0.4 is 5.32 Å². The molecule has 5 nitrogen and oxygen atoms in total. The van der Waals surface area contributed by atoms with Crippen LogP contribution in [0.1, 0.15) is 38.6 Å². The van der Waals surface area contributed by atoms with Gasteiger partial charge < -0.3 is 14.8 Å². The average Bonchev–Trinajstić information content (AvgIpc) is 3.00. The molecule has 0 fully saturated rings. The monoisotopic (exact) mass is 362 g/mol. The minimum atomic E-state index is -0.0390. The number of halogens is 1. The van der Waals surface area contributed by atoms with Crippen LogP contribution >= 0.6 is 11.6 Å². The van der Waals surface area contributed by atoms with Crippen molar-refractivity contribution in [2.45, 2.75) is 40.3 Å². The van der Waals surface area contributed by atoms with Gasteiger partial charge in [-0.2, -0.15) is 0 Å². The number of hydrogen-bond acceptors (Lipinski definition) is 2. The minimum Gasteiger partial charge on any atom is -0.338 e. The summed E-state index contributed by atoms with van der Waals surface area (Å²) in [5.74, 6) is 1.24. The molecule has 0 spiro atoms. The van der Waals surface area contributed by atoms with E-state index in [-0.39, 0.29) is 6.03 Å². The normalized spacial score (nSPS) is 10.9. The maximum atomic E-state index is 12.4. The van der Waals surface area contributed by atoms with Crippen molar-refractivity contribution >= 4 is 17.6 Å². The minimum absolute atomic E-state index is 0.0390. The summed E-state index contributed by atoms with van der Waals surface area (Å²) in [6, 6.07) is 7.75. The summed E-state index contributed by atoms with van der Waals surface area (Å²) in [7, 11) is 0. The van der Waals surface area contributed by atoms with Gasteiger partial charge >= 0.3 is 6.03 Å². The second-order valence-corrected chi connectivity index (χ2v) is 6.98. The van der Waals surface area contributed by atoms with Gasteiger partial charge in [0, 0.05) is 30.5 Å². The second kappa shape index (κ2) is 9.47. The number of rotatable bonds is 8. The largest absolute Gasteiger partial charge is 0.338 e. The number of carbonyl (C=O) groups is 1. The lowest BCUT2D eigenvalue weighted by Gasteiger charge is -2.25. The van der Waals surface area contributed by atoms with Gasteiger partial charge in [-0.15, -0.1) is 0 Å². The van der Waals surface area contributed by atoms with Crippen LogP contribution in [0.4, 0.5) is 4.79 Å². The van der Waals surface area contributed by atoms with Gasteiger partial charge in [-0.1, -0.05) is 50.6 Å². The Balaban J connectivity index is 2.13. The number of nitrogens with zero attached hydrogens (tertiary/aromatic N) is 3. The predicted octanol–water partition coefficient (Wildman–Crippen LogP) is 4.16. The fourth-order valence-electron chi connectivity index (χ4n) is 2.62. The summed E-state index contributed by atoms with van der Waals surface area (Å²) >= 11 is 6.27. The maximum absolute atomic E-state index is 12.4. The highest BCUT2D eigenvalue weighted by atomic mass is 35.5. The van der Waals surface area contributed by atoms with Crippen molar-refractivity contribution in [2.75, 3.05) is 13.1 Å². The smallest absolute Gasteiger partial charge is 0.317 e. The lowest BCUT2D eigenvalue weighted by atomic mass is 10.2. The Labute approximate surface area is 155 Å². The average molecular weight is 363 g/mol. The molecule has 6 heteroatoms. The molecule has 2 rings (SSSR count). The zero-order valence-corrected chi connectivity index (χ0v) is 16.0. The number of hydrogen-bond donors (Lipinski definition) is 1. The van der Waals surface area contributed by atoms with Gasteiger partial charge in [-0.25, -0.2) is 9.78 Å². The van der Waals surface area contributed by atoms with Gasteiger partial charge in [-0.3, -0.25) is 0 Å². The van der Waals surface area contributed by atoms with Crippen molar-refractivity contribution in [3.8, 4) is 0 Å². The van der Waals surface area contributed by atoms with Crippen molar-refractivity contribution in [2.24, 2.45) is 5.92 Å². The lowest BCUT2D eigenvalue weighted by Crippen LogP contribution is -2.42. The molecule has 0 radical (unpaired) electrons. The van der Waals surface area contributed by atoms with Gasteiger partial charge in [0.1, 0.15) is 5.82 Å². The predicted molar refractivity (Wildman–Crippen MR) is 102 cm³/mol. The molecular formula is C19H27ClN4O. The molecule has 2 aromatic rings. The van der Waals surface area contributed by atoms with E-state index in [2.05, 4.69) is 24.1 Å². The Morgan fingerprint density at radius 2 is 2.12 bits per heavy atom. The Hall–Kier alpha value is -2.01. The molecule has 0 aliphatic heterocycles. The van der Waals surface area contributed by atoms with Crippen molar-refractivity contribution in [1.29, 1.82) is 0 Å². The topological polar surface area (TPSA) is 50.2 Å². The zero-order chi connectivity index (χ0) is 18.2. The standard InChI is InChI=1S/C19H27ClN4O/c1-4-9-22-19(25)24(12-15(2)3)14-18-21-10-11-23(18)13-16-7-5-6-8-17(16)20/h5-8,10-11,15H,4,9,12-14H2,1-3H3,(H,22,25). The fourth-order valence-corrected chi connectivity index (χ4v) is 2.82. The van der Waals surface area contributed by atoms with E-state index in [0.717, 1.165) is 22.8 Å². The van der Waals surface area contributed by atoms with Crippen LogP contribution in [0.5, 0.6) is 0 Å². The zero-order valence-electron chi connectivity index (χ0n) is 15.2. The van der Waals surface area contributed by atoms with E-state index in [9.17, 15) is 4.79 Å². The Morgan fingerprint density at radius 3 is 2.80 bits per heavy atom. The molecule has 0 aliphatic rings. The molecule has 1 N–H and O–H groups in total. The molecule has 0 atom stereocenters. The number of benzene rings is 1. The van der Waals surface area contributed by atoms with Gasteiger partial charge in [0.2, 0.25) is 0 Å². The molecule has 0 saturated carbocycles. The van der Waals surface area contributed by atoms with Crippen molar-refractivity contribution < 1.29 is 4.79 Å². The van der Waals surface area contributed by atoms with Crippen LogP contribution in [-0.2, 0) is 13.1 Å². The maximum Gasteiger partial charge on any atom is 0.317 e. The van der Waals surface area contributed by atoms with E-state index in [1.807, 2.05) is 46.9 Å². The summed E-state index contributed by atoms with van der Waals surface area (Å²) < 4.78 is 2.04. The van der Waals surface area contributed by atoms with Crippen LogP contribution in [0, 0.1) is 5.92 Å². The summed E-state index contributed by atoms with van der Waals surface area (Å²) in [4.78, 5) is 18.7. The van der Waals surface area contributed by atoms with Crippen molar-refractivity contribution in [1.82, 2.24) is 19.8 Å². The van der Waals surface area contributed by atoms with Crippen LogP contribution in [0.15, 0.2) is 36.7 Å². The van der Waals surface area contributed by atoms with E-state index in [4.69, 9.17) is 11.6 Å². The summed E-state index contributed by atoms with van der Waals surface area (Å²) in [5.41, 5.74) is 1.04. The third-order valence-corrected chi connectivity index (χ3v) is 4.20. The molecule has 1 aromatic heterocycles. The highest BCUT2D eigenvalue weighted by Crippen LogP contribution is 2.17. The number of urea groups is 1.